The van der Waals surface area contributed by atoms with Crippen molar-refractivity contribution in [2.24, 2.45) is 0 Å². The highest BCUT2D eigenvalue weighted by Crippen LogP contribution is 2.35. The Hall–Kier alpha value is -2.52. The normalized spacial score (nSPS) is 29.4. The fraction of sp³-hybridized carbons (Fsp3) is 0.571. The smallest absolute Gasteiger partial charge is 0.255 e. The Morgan fingerprint density at radius 3 is 2.60 bits per heavy atom. The van der Waals surface area contributed by atoms with Gasteiger partial charge in [-0.05, 0) is 24.1 Å². The Labute approximate surface area is 173 Å². The van der Waals surface area contributed by atoms with Crippen LogP contribution in [0.1, 0.15) is 41.6 Å². The second kappa shape index (κ2) is 7.63. The van der Waals surface area contributed by atoms with E-state index in [4.69, 9.17) is 4.74 Å². The molecule has 1 aliphatic carbocycles. The lowest BCUT2D eigenvalue weighted by Crippen LogP contribution is -2.55. The first-order valence-electron chi connectivity index (χ1n) is 10.6. The fourth-order valence-electron chi connectivity index (χ4n) is 4.82. The minimum absolute atomic E-state index is 0.0271. The number of rotatable bonds is 4. The van der Waals surface area contributed by atoms with Crippen LogP contribution < -0.4 is 15.4 Å². The molecule has 5 rings (SSSR count). The maximum Gasteiger partial charge on any atom is 0.255 e. The minimum atomic E-state index is -0.707. The Kier molecular flexibility index (Phi) is 4.94. The van der Waals surface area contributed by atoms with Crippen molar-refractivity contribution in [1.29, 1.82) is 0 Å². The molecule has 2 N–H and O–H groups in total. The Bertz CT molecular complexity index is 895. The van der Waals surface area contributed by atoms with Crippen LogP contribution in [0.15, 0.2) is 12.1 Å². The number of fused-ring (bicyclic) bond motifs is 1. The summed E-state index contributed by atoms with van der Waals surface area (Å²) < 4.78 is 20.6. The van der Waals surface area contributed by atoms with Crippen molar-refractivity contribution in [3.63, 3.8) is 0 Å². The number of piperidine rings is 1. The van der Waals surface area contributed by atoms with Gasteiger partial charge in [-0.25, -0.2) is 4.39 Å². The number of carbonyl (C=O) groups excluding carboxylic acids is 3. The van der Waals surface area contributed by atoms with Gasteiger partial charge in [-0.15, -0.1) is 0 Å². The molecule has 1 unspecified atom stereocenters. The topological polar surface area (TPSA) is 91.0 Å². The largest absolute Gasteiger partial charge is 0.487 e. The molecule has 9 heteroatoms. The molecule has 3 fully saturated rings. The molecule has 1 aromatic rings. The summed E-state index contributed by atoms with van der Waals surface area (Å²) in [5.41, 5.74) is 0.913. The molecule has 0 radical (unpaired) electrons. The van der Waals surface area contributed by atoms with Crippen molar-refractivity contribution in [1.82, 2.24) is 20.4 Å². The number of amides is 3. The van der Waals surface area contributed by atoms with Crippen LogP contribution in [0, 0.1) is 5.82 Å². The van der Waals surface area contributed by atoms with Crippen molar-refractivity contribution < 1.29 is 23.5 Å². The highest BCUT2D eigenvalue weighted by atomic mass is 19.1. The summed E-state index contributed by atoms with van der Waals surface area (Å²) in [5.74, 6) is -1.58. The van der Waals surface area contributed by atoms with Crippen LogP contribution in [-0.2, 0) is 16.1 Å². The van der Waals surface area contributed by atoms with Gasteiger partial charge in [0, 0.05) is 63.6 Å². The van der Waals surface area contributed by atoms with Gasteiger partial charge in [-0.2, -0.15) is 0 Å². The van der Waals surface area contributed by atoms with Gasteiger partial charge in [-0.1, -0.05) is 0 Å². The third kappa shape index (κ3) is 3.45. The molecule has 1 aromatic carbocycles. The Balaban J connectivity index is 1.24. The molecular formula is C21H25FN4O4. The lowest BCUT2D eigenvalue weighted by atomic mass is 9.87. The molecule has 2 saturated heterocycles. The standard InChI is InChI=1S/C21H25FN4O4/c22-16-10-15-12(11-26(21(15)29)17-1-2-19(27)24-20(17)28)7-18(16)30-14-8-13(9-14)25-5-3-23-4-6-25/h7,10,13-14,17,23H,1-6,8-9,11H2,(H,24,27,28). The van der Waals surface area contributed by atoms with Gasteiger partial charge in [-0.3, -0.25) is 24.6 Å². The van der Waals surface area contributed by atoms with E-state index in [2.05, 4.69) is 15.5 Å². The van der Waals surface area contributed by atoms with Gasteiger partial charge in [0.05, 0.1) is 0 Å². The molecule has 3 heterocycles. The summed E-state index contributed by atoms with van der Waals surface area (Å²) in [5, 5.41) is 5.61. The molecular weight excluding hydrogens is 391 g/mol. The van der Waals surface area contributed by atoms with E-state index in [1.165, 1.54) is 11.0 Å². The number of halogens is 1. The summed E-state index contributed by atoms with van der Waals surface area (Å²) in [7, 11) is 0. The zero-order valence-corrected chi connectivity index (χ0v) is 16.7. The monoisotopic (exact) mass is 416 g/mol. The molecule has 3 amide bonds. The van der Waals surface area contributed by atoms with Crippen LogP contribution in [0.25, 0.3) is 0 Å². The van der Waals surface area contributed by atoms with Crippen LogP contribution in [0.5, 0.6) is 5.75 Å². The van der Waals surface area contributed by atoms with Gasteiger partial charge in [0.1, 0.15) is 12.1 Å². The predicted molar refractivity (Wildman–Crippen MR) is 104 cm³/mol. The van der Waals surface area contributed by atoms with E-state index in [-0.39, 0.29) is 48.6 Å². The van der Waals surface area contributed by atoms with Crippen molar-refractivity contribution in [2.45, 2.75) is 50.4 Å². The molecule has 0 bridgehead atoms. The summed E-state index contributed by atoms with van der Waals surface area (Å²) in [6.45, 7) is 4.27. The molecule has 0 aromatic heterocycles. The van der Waals surface area contributed by atoms with Crippen molar-refractivity contribution in [3.05, 3.63) is 29.1 Å². The fourth-order valence-corrected chi connectivity index (χ4v) is 4.82. The second-order valence-electron chi connectivity index (χ2n) is 8.49. The predicted octanol–water partition coefficient (Wildman–Crippen LogP) is 0.402. The van der Waals surface area contributed by atoms with E-state index in [9.17, 15) is 18.8 Å². The first-order chi connectivity index (χ1) is 14.5. The van der Waals surface area contributed by atoms with E-state index in [1.807, 2.05) is 0 Å². The van der Waals surface area contributed by atoms with Crippen LogP contribution >= 0.6 is 0 Å². The number of imide groups is 1. The van der Waals surface area contributed by atoms with E-state index >= 15 is 0 Å². The average molecular weight is 416 g/mol. The van der Waals surface area contributed by atoms with Crippen molar-refractivity contribution >= 4 is 17.7 Å². The minimum Gasteiger partial charge on any atom is -0.487 e. The quantitative estimate of drug-likeness (QED) is 0.691. The summed E-state index contributed by atoms with van der Waals surface area (Å²) in [6, 6.07) is 2.58. The molecule has 30 heavy (non-hydrogen) atoms. The van der Waals surface area contributed by atoms with Gasteiger partial charge in [0.2, 0.25) is 11.8 Å². The van der Waals surface area contributed by atoms with Crippen LogP contribution in [0.2, 0.25) is 0 Å². The first kappa shape index (κ1) is 19.4. The van der Waals surface area contributed by atoms with Gasteiger partial charge in [0.15, 0.2) is 11.6 Å². The summed E-state index contributed by atoms with van der Waals surface area (Å²) in [4.78, 5) is 40.1. The zero-order valence-electron chi connectivity index (χ0n) is 16.7. The number of carbonyl (C=O) groups is 3. The number of ether oxygens (including phenoxy) is 1. The maximum absolute atomic E-state index is 14.6. The summed E-state index contributed by atoms with van der Waals surface area (Å²) in [6.07, 6.45) is 2.19. The Morgan fingerprint density at radius 2 is 1.87 bits per heavy atom. The molecule has 1 saturated carbocycles. The molecule has 3 aliphatic heterocycles. The molecule has 8 nitrogen and oxygen atoms in total. The number of benzene rings is 1. The lowest BCUT2D eigenvalue weighted by Gasteiger charge is -2.44. The van der Waals surface area contributed by atoms with E-state index in [0.717, 1.165) is 39.0 Å². The van der Waals surface area contributed by atoms with Crippen LogP contribution in [-0.4, -0.2) is 71.9 Å². The lowest BCUT2D eigenvalue weighted by molar-refractivity contribution is -0.136. The highest BCUT2D eigenvalue weighted by Gasteiger charge is 2.40. The van der Waals surface area contributed by atoms with Gasteiger partial charge >= 0.3 is 0 Å². The number of piperazine rings is 1. The molecule has 1 atom stereocenters. The SMILES string of the molecule is O=C1CCC(N2Cc3cc(OC4CC(N5CCNCC5)C4)c(F)cc3C2=O)C(=O)N1. The number of hydrogen-bond donors (Lipinski definition) is 2. The van der Waals surface area contributed by atoms with E-state index in [0.29, 0.717) is 11.6 Å². The van der Waals surface area contributed by atoms with Crippen molar-refractivity contribution in [2.75, 3.05) is 26.2 Å². The molecule has 4 aliphatic rings. The van der Waals surface area contributed by atoms with E-state index in [1.54, 1.807) is 6.07 Å². The molecule has 160 valence electrons. The first-order valence-corrected chi connectivity index (χ1v) is 10.6. The van der Waals surface area contributed by atoms with Crippen LogP contribution in [0.4, 0.5) is 4.39 Å². The van der Waals surface area contributed by atoms with Crippen LogP contribution in [0.3, 0.4) is 0 Å². The average Bonchev–Trinajstić information content (AvgIpc) is 3.00. The molecule has 0 spiro atoms. The van der Waals surface area contributed by atoms with Gasteiger partial charge in [0.25, 0.3) is 5.91 Å². The third-order valence-electron chi connectivity index (χ3n) is 6.61. The second-order valence-corrected chi connectivity index (χ2v) is 8.49. The Morgan fingerprint density at radius 1 is 1.10 bits per heavy atom. The third-order valence-corrected chi connectivity index (χ3v) is 6.61. The maximum atomic E-state index is 14.6. The number of nitrogens with zero attached hydrogens (tertiary/aromatic N) is 2. The zero-order chi connectivity index (χ0) is 20.8. The van der Waals surface area contributed by atoms with E-state index < -0.39 is 17.8 Å². The number of nitrogens with one attached hydrogen (secondary N) is 2. The summed E-state index contributed by atoms with van der Waals surface area (Å²) >= 11 is 0. The highest BCUT2D eigenvalue weighted by molar-refractivity contribution is 6.05. The van der Waals surface area contributed by atoms with Gasteiger partial charge < -0.3 is 15.0 Å². The number of hydrogen-bond acceptors (Lipinski definition) is 6. The van der Waals surface area contributed by atoms with Crippen molar-refractivity contribution in [3.8, 4) is 5.75 Å².